The smallest absolute Gasteiger partial charge is 0.104 e. The fourth-order valence-electron chi connectivity index (χ4n) is 2.47. The van der Waals surface area contributed by atoms with Crippen LogP contribution >= 0.6 is 0 Å². The third kappa shape index (κ3) is 2.24. The number of benzene rings is 1. The molecule has 2 rings (SSSR count). The molecule has 1 aromatic rings. The van der Waals surface area contributed by atoms with Crippen molar-refractivity contribution in [2.75, 3.05) is 6.54 Å². The Morgan fingerprint density at radius 1 is 1.29 bits per heavy atom. The zero-order valence-electron chi connectivity index (χ0n) is 10.8. The third-order valence-corrected chi connectivity index (χ3v) is 4.25. The summed E-state index contributed by atoms with van der Waals surface area (Å²) in [5.74, 6) is 0.871. The van der Waals surface area contributed by atoms with Crippen LogP contribution in [-0.4, -0.2) is 11.7 Å². The maximum atomic E-state index is 10.5. The molecule has 0 aromatic heterocycles. The first-order chi connectivity index (χ1) is 8.08. The van der Waals surface area contributed by atoms with E-state index >= 15 is 0 Å². The van der Waals surface area contributed by atoms with Crippen LogP contribution < -0.4 is 5.73 Å². The molecule has 0 aliphatic heterocycles. The van der Waals surface area contributed by atoms with Crippen molar-refractivity contribution in [3.8, 4) is 0 Å². The van der Waals surface area contributed by atoms with E-state index in [2.05, 4.69) is 12.1 Å². The molecule has 17 heavy (non-hydrogen) atoms. The van der Waals surface area contributed by atoms with Gasteiger partial charge in [-0.05, 0) is 35.8 Å². The number of nitrogens with two attached hydrogens (primary N) is 1. The highest BCUT2D eigenvalue weighted by Gasteiger charge is 2.31. The molecule has 0 saturated heterocycles. The van der Waals surface area contributed by atoms with Crippen molar-refractivity contribution in [1.82, 2.24) is 0 Å². The molecule has 0 radical (unpaired) electrons. The molecular weight excluding hydrogens is 210 g/mol. The van der Waals surface area contributed by atoms with Crippen molar-refractivity contribution < 1.29 is 5.11 Å². The molecule has 2 heteroatoms. The Morgan fingerprint density at radius 3 is 2.24 bits per heavy atom. The van der Waals surface area contributed by atoms with E-state index in [1.807, 2.05) is 26.0 Å². The molecule has 1 aromatic carbocycles. The second-order valence-corrected chi connectivity index (χ2v) is 5.53. The topological polar surface area (TPSA) is 46.2 Å². The van der Waals surface area contributed by atoms with Gasteiger partial charge in [0.2, 0.25) is 0 Å². The molecular formula is C15H23NO. The summed E-state index contributed by atoms with van der Waals surface area (Å²) >= 11 is 0. The lowest BCUT2D eigenvalue weighted by atomic mass is 9.78. The minimum absolute atomic E-state index is 0.127. The monoisotopic (exact) mass is 233 g/mol. The fraction of sp³-hybridized carbons (Fsp3) is 0.600. The van der Waals surface area contributed by atoms with E-state index in [1.165, 1.54) is 24.8 Å². The Bertz CT molecular complexity index is 367. The summed E-state index contributed by atoms with van der Waals surface area (Å²) in [5, 5.41) is 10.5. The highest BCUT2D eigenvalue weighted by atomic mass is 16.3. The van der Waals surface area contributed by atoms with E-state index in [9.17, 15) is 5.11 Å². The van der Waals surface area contributed by atoms with Gasteiger partial charge in [-0.1, -0.05) is 44.5 Å². The van der Waals surface area contributed by atoms with Gasteiger partial charge in [0.1, 0.15) is 5.60 Å². The van der Waals surface area contributed by atoms with Gasteiger partial charge in [-0.2, -0.15) is 0 Å². The van der Waals surface area contributed by atoms with E-state index in [4.69, 9.17) is 5.73 Å². The number of rotatable bonds is 4. The molecule has 1 fully saturated rings. The van der Waals surface area contributed by atoms with Crippen LogP contribution in [0.5, 0.6) is 0 Å². The third-order valence-electron chi connectivity index (χ3n) is 4.25. The lowest BCUT2D eigenvalue weighted by Gasteiger charge is -2.32. The van der Waals surface area contributed by atoms with Crippen LogP contribution in [0, 0.1) is 5.92 Å². The minimum atomic E-state index is -0.891. The highest BCUT2D eigenvalue weighted by Crippen LogP contribution is 2.37. The molecule has 0 spiro atoms. The zero-order valence-corrected chi connectivity index (χ0v) is 10.8. The van der Waals surface area contributed by atoms with Gasteiger partial charge in [-0.15, -0.1) is 0 Å². The van der Waals surface area contributed by atoms with Gasteiger partial charge in [0, 0.05) is 6.54 Å². The van der Waals surface area contributed by atoms with Crippen LogP contribution in [0.1, 0.15) is 50.2 Å². The maximum Gasteiger partial charge on any atom is 0.104 e. The predicted octanol–water partition coefficient (Wildman–Crippen LogP) is 2.76. The summed E-state index contributed by atoms with van der Waals surface area (Å²) in [6.45, 7) is 4.28. The van der Waals surface area contributed by atoms with Gasteiger partial charge in [-0.25, -0.2) is 0 Å². The summed E-state index contributed by atoms with van der Waals surface area (Å²) in [5.41, 5.74) is 7.18. The molecule has 2 nitrogen and oxygen atoms in total. The van der Waals surface area contributed by atoms with Crippen LogP contribution in [0.2, 0.25) is 0 Å². The van der Waals surface area contributed by atoms with Gasteiger partial charge in [0.15, 0.2) is 0 Å². The standard InChI is InChI=1S/C15H23NO/c1-11(2)15(17,10-16)14-8-6-13(7-9-14)12-4-3-5-12/h6-9,11-12,17H,3-5,10,16H2,1-2H3. The molecule has 1 aliphatic carbocycles. The van der Waals surface area contributed by atoms with E-state index in [0.717, 1.165) is 11.5 Å². The Kier molecular flexibility index (Phi) is 3.55. The number of aliphatic hydroxyl groups is 1. The highest BCUT2D eigenvalue weighted by molar-refractivity contribution is 5.30. The quantitative estimate of drug-likeness (QED) is 0.840. The van der Waals surface area contributed by atoms with Gasteiger partial charge in [-0.3, -0.25) is 0 Å². The second-order valence-electron chi connectivity index (χ2n) is 5.53. The van der Waals surface area contributed by atoms with Gasteiger partial charge < -0.3 is 10.8 Å². The number of hydrogen-bond acceptors (Lipinski definition) is 2. The van der Waals surface area contributed by atoms with Crippen molar-refractivity contribution in [1.29, 1.82) is 0 Å². The zero-order chi connectivity index (χ0) is 12.5. The number of hydrogen-bond donors (Lipinski definition) is 2. The summed E-state index contributed by atoms with van der Waals surface area (Å²) in [4.78, 5) is 0. The van der Waals surface area contributed by atoms with Gasteiger partial charge in [0.25, 0.3) is 0 Å². The Labute approximate surface area is 104 Å². The fourth-order valence-corrected chi connectivity index (χ4v) is 2.47. The Morgan fingerprint density at radius 2 is 1.88 bits per heavy atom. The first kappa shape index (κ1) is 12.6. The minimum Gasteiger partial charge on any atom is -0.384 e. The molecule has 0 amide bonds. The van der Waals surface area contributed by atoms with Crippen LogP contribution in [-0.2, 0) is 5.60 Å². The second kappa shape index (κ2) is 4.79. The Balaban J connectivity index is 2.21. The van der Waals surface area contributed by atoms with Crippen molar-refractivity contribution in [3.63, 3.8) is 0 Å². The van der Waals surface area contributed by atoms with Crippen molar-refractivity contribution >= 4 is 0 Å². The normalized spacial score (nSPS) is 20.1. The van der Waals surface area contributed by atoms with Crippen LogP contribution in [0.25, 0.3) is 0 Å². The summed E-state index contributed by atoms with van der Waals surface area (Å²) in [7, 11) is 0. The maximum absolute atomic E-state index is 10.5. The molecule has 1 atom stereocenters. The van der Waals surface area contributed by atoms with Crippen molar-refractivity contribution in [3.05, 3.63) is 35.4 Å². The van der Waals surface area contributed by atoms with Crippen molar-refractivity contribution in [2.45, 2.75) is 44.6 Å². The summed E-state index contributed by atoms with van der Waals surface area (Å²) < 4.78 is 0. The average Bonchev–Trinajstić information content (AvgIpc) is 2.26. The van der Waals surface area contributed by atoms with E-state index in [1.54, 1.807) is 0 Å². The first-order valence-corrected chi connectivity index (χ1v) is 6.61. The molecule has 1 saturated carbocycles. The summed E-state index contributed by atoms with van der Waals surface area (Å²) in [6.07, 6.45) is 3.97. The van der Waals surface area contributed by atoms with Crippen LogP contribution in [0.4, 0.5) is 0 Å². The van der Waals surface area contributed by atoms with Crippen LogP contribution in [0.15, 0.2) is 24.3 Å². The largest absolute Gasteiger partial charge is 0.384 e. The molecule has 3 N–H and O–H groups in total. The predicted molar refractivity (Wildman–Crippen MR) is 70.8 cm³/mol. The lowest BCUT2D eigenvalue weighted by Crippen LogP contribution is -2.39. The van der Waals surface area contributed by atoms with Crippen LogP contribution in [0.3, 0.4) is 0 Å². The lowest BCUT2D eigenvalue weighted by molar-refractivity contribution is -0.00116. The first-order valence-electron chi connectivity index (χ1n) is 6.61. The van der Waals surface area contributed by atoms with Crippen molar-refractivity contribution in [2.24, 2.45) is 11.7 Å². The molecule has 1 aliphatic rings. The van der Waals surface area contributed by atoms with Gasteiger partial charge in [0.05, 0.1) is 0 Å². The van der Waals surface area contributed by atoms with Gasteiger partial charge >= 0.3 is 0 Å². The molecule has 0 heterocycles. The average molecular weight is 233 g/mol. The van der Waals surface area contributed by atoms with E-state index in [0.29, 0.717) is 0 Å². The summed E-state index contributed by atoms with van der Waals surface area (Å²) in [6, 6.07) is 8.39. The SMILES string of the molecule is CC(C)C(O)(CN)c1ccc(C2CCC2)cc1. The van der Waals surface area contributed by atoms with E-state index < -0.39 is 5.60 Å². The Hall–Kier alpha value is -0.860. The molecule has 94 valence electrons. The molecule has 0 bridgehead atoms. The molecule has 1 unspecified atom stereocenters. The van der Waals surface area contributed by atoms with E-state index in [-0.39, 0.29) is 12.5 Å².